The molecule has 0 bridgehead atoms. The van der Waals surface area contributed by atoms with Gasteiger partial charge in [-0.2, -0.15) is 0 Å². The van der Waals surface area contributed by atoms with Gasteiger partial charge in [-0.1, -0.05) is 12.8 Å². The van der Waals surface area contributed by atoms with Crippen LogP contribution in [0.15, 0.2) is 0 Å². The van der Waals surface area contributed by atoms with Crippen molar-refractivity contribution in [1.29, 1.82) is 0 Å². The van der Waals surface area contributed by atoms with Crippen LogP contribution in [0.5, 0.6) is 0 Å². The van der Waals surface area contributed by atoms with Gasteiger partial charge in [-0.15, -0.1) is 11.8 Å². The molecule has 0 aromatic heterocycles. The third-order valence-corrected chi connectivity index (χ3v) is 4.34. The first kappa shape index (κ1) is 12.2. The van der Waals surface area contributed by atoms with Crippen LogP contribution in [0, 0.1) is 0 Å². The van der Waals surface area contributed by atoms with Crippen molar-refractivity contribution in [3.8, 4) is 0 Å². The van der Waals surface area contributed by atoms with Crippen LogP contribution in [0.2, 0.25) is 0 Å². The number of nitrogens with zero attached hydrogens (tertiary/aromatic N) is 1. The van der Waals surface area contributed by atoms with Gasteiger partial charge in [-0.25, -0.2) is 0 Å². The predicted molar refractivity (Wildman–Crippen MR) is 65.3 cm³/mol. The molecular weight excluding hydrogens is 224 g/mol. The molecule has 0 aromatic carbocycles. The van der Waals surface area contributed by atoms with E-state index in [1.165, 1.54) is 12.8 Å². The number of carbonyl (C=O) groups is 1. The Morgan fingerprint density at radius 2 is 2.19 bits per heavy atom. The Kier molecular flexibility index (Phi) is 4.49. The average Bonchev–Trinajstić information content (AvgIpc) is 2.96. The average molecular weight is 244 g/mol. The number of nitrogens with one attached hydrogen (secondary N) is 1. The van der Waals surface area contributed by atoms with Gasteiger partial charge < -0.3 is 10.0 Å². The molecule has 4 nitrogen and oxygen atoms in total. The van der Waals surface area contributed by atoms with E-state index >= 15 is 0 Å². The molecule has 0 spiro atoms. The van der Waals surface area contributed by atoms with Crippen molar-refractivity contribution in [2.45, 2.75) is 37.8 Å². The zero-order chi connectivity index (χ0) is 11.4. The maximum Gasteiger partial charge on any atom is 0.240 e. The zero-order valence-corrected chi connectivity index (χ0v) is 10.3. The standard InChI is InChI=1S/C11H20N2O2S/c14-6-5-13(9-3-1-2-4-9)11(15)10-7-16-8-12-10/h9-10,12,14H,1-8H2. The largest absolute Gasteiger partial charge is 0.395 e. The first-order chi connectivity index (χ1) is 7.83. The normalized spacial score (nSPS) is 26.2. The summed E-state index contributed by atoms with van der Waals surface area (Å²) in [5.41, 5.74) is 0. The molecule has 2 fully saturated rings. The highest BCUT2D eigenvalue weighted by Crippen LogP contribution is 2.24. The molecule has 1 amide bonds. The minimum atomic E-state index is -0.0304. The summed E-state index contributed by atoms with van der Waals surface area (Å²) in [6, 6.07) is 0.337. The Morgan fingerprint density at radius 1 is 1.44 bits per heavy atom. The highest BCUT2D eigenvalue weighted by molar-refractivity contribution is 7.99. The van der Waals surface area contributed by atoms with Crippen molar-refractivity contribution in [2.75, 3.05) is 24.8 Å². The number of rotatable bonds is 4. The summed E-state index contributed by atoms with van der Waals surface area (Å²) in [4.78, 5) is 14.2. The molecule has 92 valence electrons. The number of hydrogen-bond donors (Lipinski definition) is 2. The van der Waals surface area contributed by atoms with Crippen LogP contribution in [0.1, 0.15) is 25.7 Å². The SMILES string of the molecule is O=C(C1CSCN1)N(CCO)C1CCCC1. The maximum absolute atomic E-state index is 12.3. The second-order valence-corrected chi connectivity index (χ2v) is 5.50. The highest BCUT2D eigenvalue weighted by Gasteiger charge is 2.32. The summed E-state index contributed by atoms with van der Waals surface area (Å²) < 4.78 is 0. The topological polar surface area (TPSA) is 52.6 Å². The second kappa shape index (κ2) is 5.89. The fraction of sp³-hybridized carbons (Fsp3) is 0.909. The van der Waals surface area contributed by atoms with Crippen molar-refractivity contribution < 1.29 is 9.90 Å². The second-order valence-electron chi connectivity index (χ2n) is 4.47. The zero-order valence-electron chi connectivity index (χ0n) is 9.52. The van der Waals surface area contributed by atoms with Crippen LogP contribution >= 0.6 is 11.8 Å². The minimum Gasteiger partial charge on any atom is -0.395 e. The van der Waals surface area contributed by atoms with Gasteiger partial charge in [-0.3, -0.25) is 10.1 Å². The number of aliphatic hydroxyl groups is 1. The van der Waals surface area contributed by atoms with E-state index in [4.69, 9.17) is 5.11 Å². The molecular formula is C11H20N2O2S. The molecule has 1 saturated heterocycles. The lowest BCUT2D eigenvalue weighted by Gasteiger charge is -2.30. The highest BCUT2D eigenvalue weighted by atomic mass is 32.2. The van der Waals surface area contributed by atoms with Gasteiger partial charge >= 0.3 is 0 Å². The van der Waals surface area contributed by atoms with Gasteiger partial charge in [0.2, 0.25) is 5.91 Å². The number of amides is 1. The van der Waals surface area contributed by atoms with Crippen LogP contribution in [0.4, 0.5) is 0 Å². The van der Waals surface area contributed by atoms with Gasteiger partial charge in [0.05, 0.1) is 12.6 Å². The molecule has 2 rings (SSSR count). The van der Waals surface area contributed by atoms with E-state index in [2.05, 4.69) is 5.32 Å². The third kappa shape index (κ3) is 2.70. The lowest BCUT2D eigenvalue weighted by atomic mass is 10.1. The van der Waals surface area contributed by atoms with E-state index < -0.39 is 0 Å². The Labute approximate surface area is 101 Å². The molecule has 0 aromatic rings. The first-order valence-corrected chi connectivity index (χ1v) is 7.21. The maximum atomic E-state index is 12.3. The van der Waals surface area contributed by atoms with Gasteiger partial charge in [0.15, 0.2) is 0 Å². The Balaban J connectivity index is 1.96. The summed E-state index contributed by atoms with van der Waals surface area (Å²) >= 11 is 1.77. The Morgan fingerprint density at radius 3 is 2.75 bits per heavy atom. The number of carbonyl (C=O) groups excluding carboxylic acids is 1. The van der Waals surface area contributed by atoms with E-state index in [1.54, 1.807) is 11.8 Å². The molecule has 1 heterocycles. The molecule has 0 radical (unpaired) electrons. The fourth-order valence-electron chi connectivity index (χ4n) is 2.55. The lowest BCUT2D eigenvalue weighted by Crippen LogP contribution is -2.49. The van der Waals surface area contributed by atoms with Gasteiger partial charge in [0.25, 0.3) is 0 Å². The summed E-state index contributed by atoms with van der Waals surface area (Å²) in [6.45, 7) is 0.564. The molecule has 16 heavy (non-hydrogen) atoms. The quantitative estimate of drug-likeness (QED) is 0.752. The molecule has 2 N–H and O–H groups in total. The van der Waals surface area contributed by atoms with E-state index in [0.717, 1.165) is 24.5 Å². The van der Waals surface area contributed by atoms with E-state index in [-0.39, 0.29) is 18.6 Å². The predicted octanol–water partition coefficient (Wildman–Crippen LogP) is 0.412. The van der Waals surface area contributed by atoms with Crippen LogP contribution in [-0.4, -0.2) is 52.8 Å². The van der Waals surface area contributed by atoms with Crippen LogP contribution in [-0.2, 0) is 4.79 Å². The van der Waals surface area contributed by atoms with Crippen molar-refractivity contribution in [3.05, 3.63) is 0 Å². The monoisotopic (exact) mass is 244 g/mol. The Bertz CT molecular complexity index is 238. The number of aliphatic hydroxyl groups excluding tert-OH is 1. The van der Waals surface area contributed by atoms with Gasteiger partial charge in [0, 0.05) is 24.2 Å². The molecule has 2 aliphatic rings. The molecule has 1 atom stereocenters. The summed E-state index contributed by atoms with van der Waals surface area (Å²) in [5.74, 6) is 1.92. The number of hydrogen-bond acceptors (Lipinski definition) is 4. The molecule has 1 aliphatic carbocycles. The van der Waals surface area contributed by atoms with E-state index in [1.807, 2.05) is 4.90 Å². The lowest BCUT2D eigenvalue weighted by molar-refractivity contribution is -0.135. The summed E-state index contributed by atoms with van der Waals surface area (Å²) in [6.07, 6.45) is 4.64. The van der Waals surface area contributed by atoms with Crippen molar-refractivity contribution in [1.82, 2.24) is 10.2 Å². The minimum absolute atomic E-state index is 0.0304. The fourth-order valence-corrected chi connectivity index (χ4v) is 3.48. The van der Waals surface area contributed by atoms with Crippen LogP contribution in [0.25, 0.3) is 0 Å². The van der Waals surface area contributed by atoms with Gasteiger partial charge in [-0.05, 0) is 12.8 Å². The van der Waals surface area contributed by atoms with Crippen molar-refractivity contribution in [2.24, 2.45) is 0 Å². The third-order valence-electron chi connectivity index (χ3n) is 3.40. The molecule has 1 aliphatic heterocycles. The van der Waals surface area contributed by atoms with Gasteiger partial charge in [0.1, 0.15) is 0 Å². The van der Waals surface area contributed by atoms with Crippen molar-refractivity contribution >= 4 is 17.7 Å². The smallest absolute Gasteiger partial charge is 0.240 e. The molecule has 1 saturated carbocycles. The Hall–Kier alpha value is -0.260. The summed E-state index contributed by atoms with van der Waals surface area (Å²) in [7, 11) is 0. The van der Waals surface area contributed by atoms with Crippen LogP contribution < -0.4 is 5.32 Å². The summed E-state index contributed by atoms with van der Waals surface area (Å²) in [5, 5.41) is 12.3. The van der Waals surface area contributed by atoms with Crippen molar-refractivity contribution in [3.63, 3.8) is 0 Å². The first-order valence-electron chi connectivity index (χ1n) is 6.05. The van der Waals surface area contributed by atoms with E-state index in [9.17, 15) is 4.79 Å². The molecule has 5 heteroatoms. The number of thioether (sulfide) groups is 1. The van der Waals surface area contributed by atoms with E-state index in [0.29, 0.717) is 12.6 Å². The molecule has 1 unspecified atom stereocenters. The van der Waals surface area contributed by atoms with Crippen LogP contribution in [0.3, 0.4) is 0 Å².